The van der Waals surface area contributed by atoms with E-state index in [9.17, 15) is 18.0 Å². The molecule has 1 fully saturated rings. The number of esters is 1. The number of hydrogen-bond donors (Lipinski definition) is 0. The Balaban J connectivity index is 2.01. The standard InChI is InChI=1S/C15H20N2O5S/c1-3-17(12-7-9-23(20,21)10-12)14(18)11(2)22-15(19)13-6-4-5-8-16-13/h4-6,8,11-12H,3,7,9-10H2,1-2H3. The van der Waals surface area contributed by atoms with Crippen molar-refractivity contribution in [2.75, 3.05) is 18.1 Å². The lowest BCUT2D eigenvalue weighted by Crippen LogP contribution is -2.46. The number of ether oxygens (including phenoxy) is 1. The van der Waals surface area contributed by atoms with Gasteiger partial charge in [0.2, 0.25) is 0 Å². The summed E-state index contributed by atoms with van der Waals surface area (Å²) >= 11 is 0. The first-order valence-electron chi connectivity index (χ1n) is 7.47. The highest BCUT2D eigenvalue weighted by atomic mass is 32.2. The minimum Gasteiger partial charge on any atom is -0.448 e. The van der Waals surface area contributed by atoms with E-state index in [2.05, 4.69) is 4.98 Å². The van der Waals surface area contributed by atoms with Crippen LogP contribution in [-0.2, 0) is 19.4 Å². The van der Waals surface area contributed by atoms with Crippen LogP contribution in [0.5, 0.6) is 0 Å². The Kier molecular flexibility index (Phi) is 5.35. The van der Waals surface area contributed by atoms with E-state index in [0.29, 0.717) is 13.0 Å². The molecule has 0 N–H and O–H groups in total. The summed E-state index contributed by atoms with van der Waals surface area (Å²) in [6, 6.07) is 4.47. The summed E-state index contributed by atoms with van der Waals surface area (Å²) in [5.41, 5.74) is 0.124. The fourth-order valence-corrected chi connectivity index (χ4v) is 4.33. The average molecular weight is 340 g/mol. The molecular weight excluding hydrogens is 320 g/mol. The van der Waals surface area contributed by atoms with Gasteiger partial charge in [0.25, 0.3) is 5.91 Å². The van der Waals surface area contributed by atoms with Crippen LogP contribution in [0, 0.1) is 0 Å². The van der Waals surface area contributed by atoms with Crippen molar-refractivity contribution in [1.82, 2.24) is 9.88 Å². The summed E-state index contributed by atoms with van der Waals surface area (Å²) in [6.45, 7) is 3.62. The van der Waals surface area contributed by atoms with E-state index in [0.717, 1.165) is 0 Å². The molecule has 0 saturated carbocycles. The zero-order valence-corrected chi connectivity index (χ0v) is 14.0. The Morgan fingerprint density at radius 2 is 2.17 bits per heavy atom. The van der Waals surface area contributed by atoms with Gasteiger partial charge in [-0.2, -0.15) is 0 Å². The Labute approximate surface area is 135 Å². The van der Waals surface area contributed by atoms with Gasteiger partial charge in [-0.05, 0) is 32.4 Å². The number of aromatic nitrogens is 1. The molecule has 1 aromatic heterocycles. The number of rotatable bonds is 5. The van der Waals surface area contributed by atoms with Crippen LogP contribution in [0.2, 0.25) is 0 Å². The number of nitrogens with zero attached hydrogens (tertiary/aromatic N) is 2. The van der Waals surface area contributed by atoms with Gasteiger partial charge < -0.3 is 9.64 Å². The van der Waals surface area contributed by atoms with E-state index < -0.39 is 21.9 Å². The number of carbonyl (C=O) groups excluding carboxylic acids is 2. The maximum absolute atomic E-state index is 12.5. The molecule has 2 rings (SSSR count). The average Bonchev–Trinajstić information content (AvgIpc) is 2.88. The molecule has 0 aliphatic carbocycles. The molecule has 23 heavy (non-hydrogen) atoms. The Morgan fingerprint density at radius 1 is 1.43 bits per heavy atom. The van der Waals surface area contributed by atoms with Gasteiger partial charge in [0.05, 0.1) is 11.5 Å². The zero-order chi connectivity index (χ0) is 17.0. The fraction of sp³-hybridized carbons (Fsp3) is 0.533. The number of likely N-dealkylation sites (N-methyl/N-ethyl adjacent to an activating group) is 1. The van der Waals surface area contributed by atoms with Crippen molar-refractivity contribution < 1.29 is 22.7 Å². The topological polar surface area (TPSA) is 93.6 Å². The highest BCUT2D eigenvalue weighted by Crippen LogP contribution is 2.19. The molecule has 8 heteroatoms. The van der Waals surface area contributed by atoms with Gasteiger partial charge in [0.15, 0.2) is 15.9 Å². The van der Waals surface area contributed by atoms with E-state index in [1.54, 1.807) is 19.1 Å². The number of amides is 1. The van der Waals surface area contributed by atoms with Crippen molar-refractivity contribution in [3.8, 4) is 0 Å². The number of pyridine rings is 1. The zero-order valence-electron chi connectivity index (χ0n) is 13.1. The summed E-state index contributed by atoms with van der Waals surface area (Å²) < 4.78 is 28.3. The van der Waals surface area contributed by atoms with Crippen LogP contribution in [0.4, 0.5) is 0 Å². The first-order valence-corrected chi connectivity index (χ1v) is 9.29. The van der Waals surface area contributed by atoms with Crippen LogP contribution in [0.15, 0.2) is 24.4 Å². The molecule has 0 bridgehead atoms. The molecule has 2 heterocycles. The van der Waals surface area contributed by atoms with E-state index in [4.69, 9.17) is 4.74 Å². The summed E-state index contributed by atoms with van der Waals surface area (Å²) in [7, 11) is -3.09. The third-order valence-corrected chi connectivity index (χ3v) is 5.53. The SMILES string of the molecule is CCN(C(=O)C(C)OC(=O)c1ccccn1)C1CCS(=O)(=O)C1. The molecule has 126 valence electrons. The van der Waals surface area contributed by atoms with Crippen molar-refractivity contribution in [3.63, 3.8) is 0 Å². The molecular formula is C15H20N2O5S. The molecule has 0 spiro atoms. The predicted octanol–water partition coefficient (Wildman–Crippen LogP) is 0.663. The van der Waals surface area contributed by atoms with E-state index in [1.165, 1.54) is 24.1 Å². The lowest BCUT2D eigenvalue weighted by molar-refractivity contribution is -0.141. The van der Waals surface area contributed by atoms with Gasteiger partial charge in [0, 0.05) is 18.8 Å². The molecule has 0 aromatic carbocycles. The van der Waals surface area contributed by atoms with Gasteiger partial charge in [-0.15, -0.1) is 0 Å². The number of carbonyl (C=O) groups is 2. The fourth-order valence-electron chi connectivity index (χ4n) is 2.60. The minimum absolute atomic E-state index is 0.0342. The van der Waals surface area contributed by atoms with Crippen molar-refractivity contribution >= 4 is 21.7 Å². The molecule has 1 aliphatic rings. The first kappa shape index (κ1) is 17.4. The first-order chi connectivity index (χ1) is 10.8. The molecule has 2 atom stereocenters. The van der Waals surface area contributed by atoms with E-state index >= 15 is 0 Å². The summed E-state index contributed by atoms with van der Waals surface area (Å²) in [6.07, 6.45) is 0.890. The second-order valence-electron chi connectivity index (χ2n) is 5.44. The lowest BCUT2D eigenvalue weighted by Gasteiger charge is -2.29. The summed E-state index contributed by atoms with van der Waals surface area (Å²) in [4.78, 5) is 29.8. The van der Waals surface area contributed by atoms with Gasteiger partial charge >= 0.3 is 5.97 Å². The second kappa shape index (κ2) is 7.08. The molecule has 1 aromatic rings. The minimum atomic E-state index is -3.09. The van der Waals surface area contributed by atoms with Gasteiger partial charge in [0.1, 0.15) is 5.69 Å². The van der Waals surface area contributed by atoms with Crippen molar-refractivity contribution in [2.24, 2.45) is 0 Å². The third-order valence-electron chi connectivity index (χ3n) is 3.78. The van der Waals surface area contributed by atoms with Crippen LogP contribution in [0.3, 0.4) is 0 Å². The highest BCUT2D eigenvalue weighted by Gasteiger charge is 2.36. The maximum Gasteiger partial charge on any atom is 0.357 e. The van der Waals surface area contributed by atoms with Crippen molar-refractivity contribution in [2.45, 2.75) is 32.4 Å². The molecule has 0 radical (unpaired) electrons. The number of hydrogen-bond acceptors (Lipinski definition) is 6. The summed E-state index contributed by atoms with van der Waals surface area (Å²) in [5.74, 6) is -1.02. The smallest absolute Gasteiger partial charge is 0.357 e. The van der Waals surface area contributed by atoms with Crippen LogP contribution in [0.1, 0.15) is 30.8 Å². The lowest BCUT2D eigenvalue weighted by atomic mass is 10.2. The Bertz CT molecular complexity index is 674. The van der Waals surface area contributed by atoms with Gasteiger partial charge in [-0.25, -0.2) is 18.2 Å². The third kappa shape index (κ3) is 4.28. The maximum atomic E-state index is 12.5. The second-order valence-corrected chi connectivity index (χ2v) is 7.67. The van der Waals surface area contributed by atoms with Crippen LogP contribution in [0.25, 0.3) is 0 Å². The van der Waals surface area contributed by atoms with Crippen LogP contribution in [-0.4, -0.2) is 60.4 Å². The van der Waals surface area contributed by atoms with E-state index in [-0.39, 0.29) is 29.1 Å². The van der Waals surface area contributed by atoms with Crippen LogP contribution >= 0.6 is 0 Å². The van der Waals surface area contributed by atoms with E-state index in [1.807, 2.05) is 0 Å². The molecule has 1 amide bonds. The monoisotopic (exact) mass is 340 g/mol. The Hall–Kier alpha value is -1.96. The van der Waals surface area contributed by atoms with Gasteiger partial charge in [-0.1, -0.05) is 6.07 Å². The van der Waals surface area contributed by atoms with Crippen LogP contribution < -0.4 is 0 Å². The van der Waals surface area contributed by atoms with Gasteiger partial charge in [-0.3, -0.25) is 4.79 Å². The normalized spacial score (nSPS) is 20.7. The largest absolute Gasteiger partial charge is 0.448 e. The van der Waals surface area contributed by atoms with Crippen molar-refractivity contribution in [1.29, 1.82) is 0 Å². The predicted molar refractivity (Wildman–Crippen MR) is 83.6 cm³/mol. The molecule has 7 nitrogen and oxygen atoms in total. The highest BCUT2D eigenvalue weighted by molar-refractivity contribution is 7.91. The molecule has 1 aliphatic heterocycles. The van der Waals surface area contributed by atoms with Crippen molar-refractivity contribution in [3.05, 3.63) is 30.1 Å². The quantitative estimate of drug-likeness (QED) is 0.731. The number of sulfone groups is 1. The Morgan fingerprint density at radius 3 is 2.70 bits per heavy atom. The molecule has 2 unspecified atom stereocenters. The summed E-state index contributed by atoms with van der Waals surface area (Å²) in [5, 5.41) is 0. The molecule has 1 saturated heterocycles.